The second kappa shape index (κ2) is 6.12. The molecular formula is C17H16ClN3. The second-order valence-electron chi connectivity index (χ2n) is 4.91. The Morgan fingerprint density at radius 1 is 1.05 bits per heavy atom. The lowest BCUT2D eigenvalue weighted by atomic mass is 9.99. The molecule has 0 saturated heterocycles. The maximum Gasteiger partial charge on any atom is 0.0785 e. The summed E-state index contributed by atoms with van der Waals surface area (Å²) < 4.78 is 1.82. The lowest BCUT2D eigenvalue weighted by molar-refractivity contribution is 0.687. The van der Waals surface area contributed by atoms with Crippen LogP contribution in [-0.4, -0.2) is 9.78 Å². The second-order valence-corrected chi connectivity index (χ2v) is 5.35. The Bertz CT molecular complexity index is 732. The van der Waals surface area contributed by atoms with Crippen LogP contribution in [0.4, 0.5) is 0 Å². The molecule has 3 nitrogen and oxygen atoms in total. The highest BCUT2D eigenvalue weighted by molar-refractivity contribution is 6.30. The van der Waals surface area contributed by atoms with Crippen molar-refractivity contribution in [1.82, 2.24) is 9.78 Å². The first-order chi connectivity index (χ1) is 10.3. The number of benzene rings is 2. The Labute approximate surface area is 129 Å². The van der Waals surface area contributed by atoms with Crippen LogP contribution >= 0.6 is 11.6 Å². The number of aromatic nitrogens is 2. The van der Waals surface area contributed by atoms with Gasteiger partial charge in [0.05, 0.1) is 17.8 Å². The molecule has 0 bridgehead atoms. The molecule has 1 aromatic heterocycles. The molecule has 0 radical (unpaired) electrons. The Hall–Kier alpha value is -2.10. The van der Waals surface area contributed by atoms with E-state index in [1.54, 1.807) is 6.20 Å². The van der Waals surface area contributed by atoms with E-state index in [0.29, 0.717) is 18.1 Å². The zero-order valence-corrected chi connectivity index (χ0v) is 12.3. The molecule has 106 valence electrons. The van der Waals surface area contributed by atoms with Gasteiger partial charge in [-0.15, -0.1) is 0 Å². The summed E-state index contributed by atoms with van der Waals surface area (Å²) in [6.07, 6.45) is 3.46. The van der Waals surface area contributed by atoms with Crippen LogP contribution in [0.2, 0.25) is 5.02 Å². The highest BCUT2D eigenvalue weighted by Gasteiger charge is 2.04. The third-order valence-corrected chi connectivity index (χ3v) is 3.64. The topological polar surface area (TPSA) is 43.8 Å². The van der Waals surface area contributed by atoms with Crippen molar-refractivity contribution in [3.63, 3.8) is 0 Å². The first-order valence-corrected chi connectivity index (χ1v) is 7.19. The summed E-state index contributed by atoms with van der Waals surface area (Å²) in [6.45, 7) is 1.26. The van der Waals surface area contributed by atoms with Gasteiger partial charge >= 0.3 is 0 Å². The van der Waals surface area contributed by atoms with E-state index >= 15 is 0 Å². The van der Waals surface area contributed by atoms with Crippen molar-refractivity contribution in [2.45, 2.75) is 13.1 Å². The fourth-order valence-electron chi connectivity index (χ4n) is 2.38. The predicted molar refractivity (Wildman–Crippen MR) is 86.1 cm³/mol. The predicted octanol–water partition coefficient (Wildman–Crippen LogP) is 3.71. The van der Waals surface area contributed by atoms with Crippen LogP contribution in [0.1, 0.15) is 11.1 Å². The number of nitrogens with two attached hydrogens (primary N) is 1. The van der Waals surface area contributed by atoms with Gasteiger partial charge in [-0.25, -0.2) is 0 Å². The minimum atomic E-state index is 0.545. The van der Waals surface area contributed by atoms with Gasteiger partial charge in [0.15, 0.2) is 0 Å². The van der Waals surface area contributed by atoms with Gasteiger partial charge in [0.25, 0.3) is 0 Å². The molecule has 0 unspecified atom stereocenters. The molecule has 0 atom stereocenters. The lowest BCUT2D eigenvalue weighted by Gasteiger charge is -2.09. The van der Waals surface area contributed by atoms with Crippen LogP contribution in [-0.2, 0) is 13.1 Å². The van der Waals surface area contributed by atoms with Gasteiger partial charge in [0.2, 0.25) is 0 Å². The van der Waals surface area contributed by atoms with Crippen molar-refractivity contribution in [3.8, 4) is 11.1 Å². The molecule has 4 heteroatoms. The first-order valence-electron chi connectivity index (χ1n) is 6.81. The number of hydrogen-bond donors (Lipinski definition) is 1. The molecule has 3 rings (SSSR count). The van der Waals surface area contributed by atoms with Crippen molar-refractivity contribution < 1.29 is 0 Å². The molecule has 0 saturated carbocycles. The lowest BCUT2D eigenvalue weighted by Crippen LogP contribution is -2.00. The van der Waals surface area contributed by atoms with Crippen molar-refractivity contribution in [2.75, 3.05) is 0 Å². The summed E-state index contributed by atoms with van der Waals surface area (Å²) in [5.41, 5.74) is 10.5. The molecule has 0 aliphatic carbocycles. The third-order valence-electron chi connectivity index (χ3n) is 3.45. The molecule has 0 aliphatic rings. The number of rotatable bonds is 4. The average Bonchev–Trinajstić information content (AvgIpc) is 2.93. The molecule has 2 N–H and O–H groups in total. The van der Waals surface area contributed by atoms with Crippen LogP contribution in [0.15, 0.2) is 60.9 Å². The average molecular weight is 298 g/mol. The summed E-state index contributed by atoms with van der Waals surface area (Å²) in [6, 6.07) is 16.7. The molecule has 3 aromatic rings. The maximum atomic E-state index is 5.87. The molecule has 0 aliphatic heterocycles. The van der Waals surface area contributed by atoms with E-state index in [1.165, 1.54) is 16.7 Å². The molecular weight excluding hydrogens is 282 g/mol. The summed E-state index contributed by atoms with van der Waals surface area (Å²) in [5.74, 6) is 0. The normalized spacial score (nSPS) is 10.8. The van der Waals surface area contributed by atoms with Crippen LogP contribution in [0, 0.1) is 0 Å². The zero-order chi connectivity index (χ0) is 14.7. The van der Waals surface area contributed by atoms with E-state index in [-0.39, 0.29) is 0 Å². The van der Waals surface area contributed by atoms with Crippen molar-refractivity contribution in [1.29, 1.82) is 0 Å². The fraction of sp³-hybridized carbons (Fsp3) is 0.118. The summed E-state index contributed by atoms with van der Waals surface area (Å²) in [4.78, 5) is 0. The minimum Gasteiger partial charge on any atom is -0.326 e. The van der Waals surface area contributed by atoms with E-state index in [0.717, 1.165) is 5.56 Å². The van der Waals surface area contributed by atoms with Gasteiger partial charge in [-0.2, -0.15) is 5.10 Å². The summed E-state index contributed by atoms with van der Waals surface area (Å²) in [7, 11) is 0. The molecule has 0 amide bonds. The maximum absolute atomic E-state index is 5.87. The quantitative estimate of drug-likeness (QED) is 0.798. The van der Waals surface area contributed by atoms with Crippen LogP contribution in [0.5, 0.6) is 0 Å². The fourth-order valence-corrected chi connectivity index (χ4v) is 2.54. The van der Waals surface area contributed by atoms with E-state index in [1.807, 2.05) is 23.0 Å². The number of hydrogen-bond acceptors (Lipinski definition) is 2. The monoisotopic (exact) mass is 297 g/mol. The van der Waals surface area contributed by atoms with Gasteiger partial charge in [0, 0.05) is 12.7 Å². The Kier molecular flexibility index (Phi) is 4.04. The van der Waals surface area contributed by atoms with Crippen molar-refractivity contribution in [3.05, 3.63) is 77.1 Å². The van der Waals surface area contributed by atoms with Gasteiger partial charge in [-0.05, 0) is 22.3 Å². The van der Waals surface area contributed by atoms with Gasteiger partial charge < -0.3 is 5.73 Å². The van der Waals surface area contributed by atoms with E-state index in [2.05, 4.69) is 41.5 Å². The molecule has 0 fully saturated rings. The van der Waals surface area contributed by atoms with Crippen molar-refractivity contribution >= 4 is 11.6 Å². The molecule has 2 aromatic carbocycles. The number of halogens is 1. The SMILES string of the molecule is NCc1ccccc1-c1ccc(Cn2cc(Cl)cn2)cc1. The van der Waals surface area contributed by atoms with E-state index in [4.69, 9.17) is 17.3 Å². The Morgan fingerprint density at radius 2 is 1.81 bits per heavy atom. The molecule has 0 spiro atoms. The van der Waals surface area contributed by atoms with Gasteiger partial charge in [-0.3, -0.25) is 4.68 Å². The Balaban J connectivity index is 1.83. The minimum absolute atomic E-state index is 0.545. The van der Waals surface area contributed by atoms with E-state index < -0.39 is 0 Å². The van der Waals surface area contributed by atoms with Crippen molar-refractivity contribution in [2.24, 2.45) is 5.73 Å². The first kappa shape index (κ1) is 13.9. The highest BCUT2D eigenvalue weighted by atomic mass is 35.5. The largest absolute Gasteiger partial charge is 0.326 e. The van der Waals surface area contributed by atoms with Crippen LogP contribution < -0.4 is 5.73 Å². The van der Waals surface area contributed by atoms with Gasteiger partial charge in [0.1, 0.15) is 0 Å². The summed E-state index contributed by atoms with van der Waals surface area (Å²) in [5, 5.41) is 4.84. The van der Waals surface area contributed by atoms with Gasteiger partial charge in [-0.1, -0.05) is 60.1 Å². The smallest absolute Gasteiger partial charge is 0.0785 e. The summed E-state index contributed by atoms with van der Waals surface area (Å²) >= 11 is 5.87. The molecule has 1 heterocycles. The highest BCUT2D eigenvalue weighted by Crippen LogP contribution is 2.24. The zero-order valence-electron chi connectivity index (χ0n) is 11.5. The standard InChI is InChI=1S/C17H16ClN3/c18-16-10-20-21(12-16)11-13-5-7-14(8-6-13)17-4-2-1-3-15(17)9-19/h1-8,10,12H,9,11,19H2. The molecule has 21 heavy (non-hydrogen) atoms. The third kappa shape index (κ3) is 3.15. The van der Waals surface area contributed by atoms with Crippen LogP contribution in [0.25, 0.3) is 11.1 Å². The number of nitrogens with zero attached hydrogens (tertiary/aromatic N) is 2. The van der Waals surface area contributed by atoms with E-state index in [9.17, 15) is 0 Å². The Morgan fingerprint density at radius 3 is 2.48 bits per heavy atom. The van der Waals surface area contributed by atoms with Crippen LogP contribution in [0.3, 0.4) is 0 Å².